The van der Waals surface area contributed by atoms with Gasteiger partial charge in [-0.1, -0.05) is 64.7 Å². The van der Waals surface area contributed by atoms with Crippen molar-refractivity contribution in [3.8, 4) is 22.4 Å². The van der Waals surface area contributed by atoms with Crippen molar-refractivity contribution in [2.75, 3.05) is 0 Å². The lowest BCUT2D eigenvalue weighted by Gasteiger charge is -2.26. The molecule has 3 rings (SSSR count). The summed E-state index contributed by atoms with van der Waals surface area (Å²) >= 11 is 0. The molecule has 0 aliphatic carbocycles. The number of nitrogens with zero attached hydrogens (tertiary/aromatic N) is 2. The second-order valence-electron chi connectivity index (χ2n) is 10.4. The number of aromatic nitrogens is 2. The van der Waals surface area contributed by atoms with E-state index in [-0.39, 0.29) is 5.41 Å². The summed E-state index contributed by atoms with van der Waals surface area (Å²) in [4.78, 5) is 9.35. The number of pyridine rings is 2. The van der Waals surface area contributed by atoms with Crippen molar-refractivity contribution in [3.63, 3.8) is 0 Å². The molecule has 0 aliphatic rings. The van der Waals surface area contributed by atoms with Crippen LogP contribution >= 0.6 is 0 Å². The zero-order chi connectivity index (χ0) is 21.4. The van der Waals surface area contributed by atoms with Gasteiger partial charge in [0.05, 0.1) is 13.8 Å². The fourth-order valence-corrected chi connectivity index (χ4v) is 5.46. The third kappa shape index (κ3) is 5.42. The second kappa shape index (κ2) is 7.87. The molecule has 3 aromatic rings. The highest BCUT2D eigenvalue weighted by Crippen LogP contribution is 2.27. The minimum absolute atomic E-state index is 0.258. The van der Waals surface area contributed by atoms with Crippen LogP contribution in [0.5, 0.6) is 0 Å². The highest BCUT2D eigenvalue weighted by Gasteiger charge is 2.24. The molecular weight excluding hydrogens is 368 g/mol. The molecule has 0 saturated heterocycles. The average Bonchev–Trinajstić information content (AvgIpc) is 2.58. The molecule has 0 atom stereocenters. The van der Waals surface area contributed by atoms with Gasteiger partial charge in [-0.15, -0.1) is 0 Å². The fraction of sp³-hybridized carbons (Fsp3) is 0.385. The normalized spacial score (nSPS) is 12.3. The summed E-state index contributed by atoms with van der Waals surface area (Å²) in [6.07, 6.45) is 3.22. The van der Waals surface area contributed by atoms with Gasteiger partial charge >= 0.3 is 0 Å². The van der Waals surface area contributed by atoms with Gasteiger partial charge in [-0.05, 0) is 65.8 Å². The molecule has 0 bridgehead atoms. The number of hydrogen-bond acceptors (Lipinski definition) is 2. The van der Waals surface area contributed by atoms with Crippen molar-refractivity contribution < 1.29 is 0 Å². The van der Waals surface area contributed by atoms with Crippen LogP contribution in [0.1, 0.15) is 37.7 Å². The Balaban J connectivity index is 1.99. The summed E-state index contributed by atoms with van der Waals surface area (Å²) in [7, 11) is -1.43. The van der Waals surface area contributed by atoms with E-state index in [2.05, 4.69) is 94.1 Å². The molecule has 152 valence electrons. The first kappa shape index (κ1) is 21.4. The van der Waals surface area contributed by atoms with E-state index in [4.69, 9.17) is 4.98 Å². The predicted octanol–water partition coefficient (Wildman–Crippen LogP) is 6.56. The molecule has 2 aromatic heterocycles. The van der Waals surface area contributed by atoms with Crippen LogP contribution in [0.2, 0.25) is 19.6 Å². The van der Waals surface area contributed by atoms with Crippen molar-refractivity contribution >= 4 is 13.3 Å². The molecule has 1 aromatic carbocycles. The van der Waals surface area contributed by atoms with E-state index in [0.717, 1.165) is 23.5 Å². The van der Waals surface area contributed by atoms with Gasteiger partial charge in [-0.3, -0.25) is 9.97 Å². The Labute approximate surface area is 177 Å². The second-order valence-corrected chi connectivity index (χ2v) is 15.5. The third-order valence-electron chi connectivity index (χ3n) is 5.11. The average molecular weight is 403 g/mol. The maximum atomic E-state index is 4.86. The molecule has 0 radical (unpaired) electrons. The number of aryl methyl sites for hydroxylation is 2. The molecule has 29 heavy (non-hydrogen) atoms. The molecule has 0 fully saturated rings. The Bertz CT molecular complexity index is 986. The third-order valence-corrected chi connectivity index (χ3v) is 7.18. The van der Waals surface area contributed by atoms with E-state index in [1.165, 1.54) is 27.4 Å². The van der Waals surface area contributed by atoms with Crippen LogP contribution in [0.25, 0.3) is 22.4 Å². The Kier molecular flexibility index (Phi) is 5.82. The van der Waals surface area contributed by atoms with Crippen LogP contribution in [0.4, 0.5) is 0 Å². The monoisotopic (exact) mass is 402 g/mol. The molecule has 2 nitrogen and oxygen atoms in total. The Morgan fingerprint density at radius 2 is 1.34 bits per heavy atom. The molecular formula is C26H34N2Si. The molecule has 0 amide bonds. The fourth-order valence-electron chi connectivity index (χ4n) is 3.88. The number of rotatable bonds is 4. The summed E-state index contributed by atoms with van der Waals surface area (Å²) in [5.41, 5.74) is 8.51. The van der Waals surface area contributed by atoms with Gasteiger partial charge in [-0.2, -0.15) is 0 Å². The zero-order valence-electron chi connectivity index (χ0n) is 19.2. The van der Waals surface area contributed by atoms with Crippen molar-refractivity contribution in [3.05, 3.63) is 65.6 Å². The maximum Gasteiger partial charge on any atom is 0.0799 e. The standard InChI is InChI=1S/C26H34N2Si/c1-18-13-22(14-19(2)28-18)20-9-11-21(12-10-20)24-15-23(16-26(3,4)5)25(17-27-24)29(6,7)8/h9-15,17H,16H2,1-8H3. The van der Waals surface area contributed by atoms with E-state index in [1.807, 2.05) is 13.8 Å². The van der Waals surface area contributed by atoms with Gasteiger partial charge < -0.3 is 0 Å². The van der Waals surface area contributed by atoms with Gasteiger partial charge in [-0.25, -0.2) is 0 Å². The molecule has 2 heterocycles. The Morgan fingerprint density at radius 3 is 1.86 bits per heavy atom. The Hall–Kier alpha value is -2.26. The van der Waals surface area contributed by atoms with Crippen LogP contribution in [-0.4, -0.2) is 18.0 Å². The lowest BCUT2D eigenvalue weighted by molar-refractivity contribution is 0.412. The summed E-state index contributed by atoms with van der Waals surface area (Å²) in [6.45, 7) is 18.3. The predicted molar refractivity (Wildman–Crippen MR) is 129 cm³/mol. The van der Waals surface area contributed by atoms with Crippen molar-refractivity contribution in [1.29, 1.82) is 0 Å². The van der Waals surface area contributed by atoms with Gasteiger partial charge in [0.1, 0.15) is 0 Å². The summed E-state index contributed by atoms with van der Waals surface area (Å²) < 4.78 is 0. The van der Waals surface area contributed by atoms with Crippen LogP contribution in [0, 0.1) is 19.3 Å². The van der Waals surface area contributed by atoms with E-state index < -0.39 is 8.07 Å². The lowest BCUT2D eigenvalue weighted by atomic mass is 9.88. The van der Waals surface area contributed by atoms with Crippen molar-refractivity contribution in [2.24, 2.45) is 5.41 Å². The van der Waals surface area contributed by atoms with Crippen molar-refractivity contribution in [2.45, 2.75) is 60.7 Å². The van der Waals surface area contributed by atoms with Gasteiger partial charge in [0.25, 0.3) is 0 Å². The van der Waals surface area contributed by atoms with Crippen LogP contribution < -0.4 is 5.19 Å². The molecule has 3 heteroatoms. The number of hydrogen-bond donors (Lipinski definition) is 0. The van der Waals surface area contributed by atoms with Gasteiger partial charge in [0, 0.05) is 23.1 Å². The van der Waals surface area contributed by atoms with Crippen LogP contribution in [0.3, 0.4) is 0 Å². The zero-order valence-corrected chi connectivity index (χ0v) is 20.2. The first-order valence-corrected chi connectivity index (χ1v) is 14.0. The molecule has 0 aliphatic heterocycles. The van der Waals surface area contributed by atoms with Crippen LogP contribution in [0.15, 0.2) is 48.7 Å². The SMILES string of the molecule is Cc1cc(-c2ccc(-c3cc(CC(C)(C)C)c([Si](C)(C)C)cn3)cc2)cc(C)n1. The molecule has 0 unspecified atom stereocenters. The molecule has 0 saturated carbocycles. The van der Waals surface area contributed by atoms with Crippen molar-refractivity contribution in [1.82, 2.24) is 9.97 Å². The summed E-state index contributed by atoms with van der Waals surface area (Å²) in [5, 5.41) is 1.48. The van der Waals surface area contributed by atoms with Gasteiger partial charge in [0.15, 0.2) is 0 Å². The highest BCUT2D eigenvalue weighted by molar-refractivity contribution is 6.89. The van der Waals surface area contributed by atoms with Crippen LogP contribution in [-0.2, 0) is 6.42 Å². The first-order valence-electron chi connectivity index (χ1n) is 10.5. The minimum atomic E-state index is -1.43. The van der Waals surface area contributed by atoms with E-state index in [0.29, 0.717) is 0 Å². The van der Waals surface area contributed by atoms with E-state index >= 15 is 0 Å². The summed E-state index contributed by atoms with van der Waals surface area (Å²) in [5.74, 6) is 0. The molecule has 0 N–H and O–H groups in total. The Morgan fingerprint density at radius 1 is 0.793 bits per heavy atom. The minimum Gasteiger partial charge on any atom is -0.258 e. The quantitative estimate of drug-likeness (QED) is 0.462. The maximum absolute atomic E-state index is 4.86. The topological polar surface area (TPSA) is 25.8 Å². The van der Waals surface area contributed by atoms with Gasteiger partial charge in [0.2, 0.25) is 0 Å². The highest BCUT2D eigenvalue weighted by atomic mass is 28.3. The van der Waals surface area contributed by atoms with E-state index in [1.54, 1.807) is 0 Å². The first-order chi connectivity index (χ1) is 13.4. The smallest absolute Gasteiger partial charge is 0.0799 e. The summed E-state index contributed by atoms with van der Waals surface area (Å²) in [6, 6.07) is 15.4. The lowest BCUT2D eigenvalue weighted by Crippen LogP contribution is -2.41. The molecule has 0 spiro atoms. The number of benzene rings is 1. The van der Waals surface area contributed by atoms with E-state index in [9.17, 15) is 0 Å². The largest absolute Gasteiger partial charge is 0.258 e.